The first-order chi connectivity index (χ1) is 11.0. The number of halogens is 1. The molecule has 0 spiro atoms. The molecule has 0 fully saturated rings. The molecule has 0 saturated carbocycles. The average molecular weight is 334 g/mol. The van der Waals surface area contributed by atoms with Crippen molar-refractivity contribution in [2.75, 3.05) is 13.7 Å². The van der Waals surface area contributed by atoms with Crippen LogP contribution >= 0.6 is 11.6 Å². The Morgan fingerprint density at radius 3 is 2.43 bits per heavy atom. The minimum absolute atomic E-state index is 0.124. The van der Waals surface area contributed by atoms with Crippen molar-refractivity contribution in [3.05, 3.63) is 64.2 Å². The Labute approximate surface area is 143 Å². The second-order valence-electron chi connectivity index (χ2n) is 5.89. The molecule has 0 aliphatic heterocycles. The fourth-order valence-corrected chi connectivity index (χ4v) is 2.81. The minimum atomic E-state index is 0.124. The van der Waals surface area contributed by atoms with Crippen LogP contribution in [0.25, 0.3) is 0 Å². The topological polar surface area (TPSA) is 32.7 Å². The second-order valence-corrected chi connectivity index (χ2v) is 6.26. The molecule has 0 aliphatic rings. The first-order valence-electron chi connectivity index (χ1n) is 7.76. The Balaban J connectivity index is 2.24. The SMILES string of the molecule is COCC(C)N(Cc1ccccc1C)Cc1cccc(O)c1Cl. The van der Waals surface area contributed by atoms with Crippen LogP contribution in [0.4, 0.5) is 0 Å². The van der Waals surface area contributed by atoms with Gasteiger partial charge in [-0.1, -0.05) is 48.0 Å². The van der Waals surface area contributed by atoms with E-state index in [9.17, 15) is 5.11 Å². The van der Waals surface area contributed by atoms with Crippen molar-refractivity contribution < 1.29 is 9.84 Å². The second kappa shape index (κ2) is 8.34. The number of ether oxygens (including phenoxy) is 1. The number of nitrogens with zero attached hydrogens (tertiary/aromatic N) is 1. The zero-order chi connectivity index (χ0) is 16.8. The molecule has 2 aromatic rings. The third-order valence-electron chi connectivity index (χ3n) is 4.10. The van der Waals surface area contributed by atoms with E-state index in [4.69, 9.17) is 16.3 Å². The Bertz CT molecular complexity index is 645. The summed E-state index contributed by atoms with van der Waals surface area (Å²) in [5, 5.41) is 10.2. The van der Waals surface area contributed by atoms with E-state index >= 15 is 0 Å². The Kier molecular flexibility index (Phi) is 6.46. The van der Waals surface area contributed by atoms with Gasteiger partial charge in [0.05, 0.1) is 11.6 Å². The van der Waals surface area contributed by atoms with Gasteiger partial charge in [0.2, 0.25) is 0 Å². The summed E-state index contributed by atoms with van der Waals surface area (Å²) in [5.74, 6) is 0.124. The maximum atomic E-state index is 9.81. The number of aromatic hydroxyl groups is 1. The highest BCUT2D eigenvalue weighted by molar-refractivity contribution is 6.32. The quantitative estimate of drug-likeness (QED) is 0.815. The van der Waals surface area contributed by atoms with Crippen molar-refractivity contribution in [1.82, 2.24) is 4.90 Å². The zero-order valence-electron chi connectivity index (χ0n) is 13.9. The maximum absolute atomic E-state index is 9.81. The van der Waals surface area contributed by atoms with Gasteiger partial charge in [-0.25, -0.2) is 0 Å². The van der Waals surface area contributed by atoms with Gasteiger partial charge in [-0.2, -0.15) is 0 Å². The van der Waals surface area contributed by atoms with Crippen molar-refractivity contribution in [2.24, 2.45) is 0 Å². The maximum Gasteiger partial charge on any atom is 0.134 e. The van der Waals surface area contributed by atoms with Crippen molar-refractivity contribution in [3.63, 3.8) is 0 Å². The standard InChI is InChI=1S/C19H24ClNO2/c1-14-7-4-5-8-16(14)11-21(15(2)13-23-3)12-17-9-6-10-18(22)19(17)20/h4-10,15,22H,11-13H2,1-3H3. The Morgan fingerprint density at radius 1 is 1.09 bits per heavy atom. The molecule has 0 aliphatic carbocycles. The highest BCUT2D eigenvalue weighted by Crippen LogP contribution is 2.28. The van der Waals surface area contributed by atoms with Gasteiger partial charge < -0.3 is 9.84 Å². The lowest BCUT2D eigenvalue weighted by molar-refractivity contribution is 0.0893. The molecule has 124 valence electrons. The summed E-state index contributed by atoms with van der Waals surface area (Å²) < 4.78 is 5.32. The van der Waals surface area contributed by atoms with Gasteiger partial charge in [-0.15, -0.1) is 0 Å². The molecule has 3 nitrogen and oxygen atoms in total. The number of phenolic OH excluding ortho intramolecular Hbond substituents is 1. The van der Waals surface area contributed by atoms with Crippen LogP contribution in [0, 0.1) is 6.92 Å². The predicted octanol–water partition coefficient (Wildman–Crippen LogP) is 4.39. The van der Waals surface area contributed by atoms with Gasteiger partial charge in [0, 0.05) is 26.2 Å². The monoisotopic (exact) mass is 333 g/mol. The van der Waals surface area contributed by atoms with E-state index in [1.54, 1.807) is 13.2 Å². The van der Waals surface area contributed by atoms with E-state index in [1.165, 1.54) is 11.1 Å². The summed E-state index contributed by atoms with van der Waals surface area (Å²) in [6.45, 7) is 6.37. The zero-order valence-corrected chi connectivity index (χ0v) is 14.7. The van der Waals surface area contributed by atoms with E-state index in [2.05, 4.69) is 36.9 Å². The number of benzene rings is 2. The van der Waals surface area contributed by atoms with E-state index < -0.39 is 0 Å². The first-order valence-corrected chi connectivity index (χ1v) is 8.14. The largest absolute Gasteiger partial charge is 0.506 e. The number of phenols is 1. The van der Waals surface area contributed by atoms with Gasteiger partial charge in [0.1, 0.15) is 5.75 Å². The van der Waals surface area contributed by atoms with Gasteiger partial charge in [-0.3, -0.25) is 4.90 Å². The summed E-state index contributed by atoms with van der Waals surface area (Å²) in [6, 6.07) is 14.0. The van der Waals surface area contributed by atoms with E-state index in [0.29, 0.717) is 18.2 Å². The van der Waals surface area contributed by atoms with Crippen molar-refractivity contribution >= 4 is 11.6 Å². The molecule has 23 heavy (non-hydrogen) atoms. The molecule has 2 aromatic carbocycles. The molecule has 1 atom stereocenters. The lowest BCUT2D eigenvalue weighted by atomic mass is 10.1. The van der Waals surface area contributed by atoms with Gasteiger partial charge in [0.25, 0.3) is 0 Å². The number of rotatable bonds is 7. The number of hydrogen-bond donors (Lipinski definition) is 1. The summed E-state index contributed by atoms with van der Waals surface area (Å²) in [7, 11) is 1.71. The molecular formula is C19H24ClNO2. The van der Waals surface area contributed by atoms with Crippen molar-refractivity contribution in [2.45, 2.75) is 33.0 Å². The average Bonchev–Trinajstić information content (AvgIpc) is 2.53. The molecule has 4 heteroatoms. The number of aryl methyl sites for hydroxylation is 1. The normalized spacial score (nSPS) is 12.6. The summed E-state index contributed by atoms with van der Waals surface area (Å²) in [6.07, 6.45) is 0. The van der Waals surface area contributed by atoms with Crippen molar-refractivity contribution in [3.8, 4) is 5.75 Å². The molecule has 2 rings (SSSR count). The first kappa shape index (κ1) is 17.8. The fourth-order valence-electron chi connectivity index (χ4n) is 2.63. The van der Waals surface area contributed by atoms with Gasteiger partial charge in [-0.05, 0) is 36.6 Å². The van der Waals surface area contributed by atoms with E-state index in [-0.39, 0.29) is 11.8 Å². The van der Waals surface area contributed by atoms with Crippen LogP contribution in [0.5, 0.6) is 5.75 Å². The molecule has 1 unspecified atom stereocenters. The molecule has 0 saturated heterocycles. The molecule has 0 aromatic heterocycles. The molecule has 0 heterocycles. The Hall–Kier alpha value is -1.55. The predicted molar refractivity (Wildman–Crippen MR) is 94.9 cm³/mol. The van der Waals surface area contributed by atoms with Crippen LogP contribution in [0.2, 0.25) is 5.02 Å². The number of methoxy groups -OCH3 is 1. The van der Waals surface area contributed by atoms with Gasteiger partial charge >= 0.3 is 0 Å². The highest BCUT2D eigenvalue weighted by Gasteiger charge is 2.17. The Morgan fingerprint density at radius 2 is 1.74 bits per heavy atom. The molecule has 0 radical (unpaired) electrons. The third kappa shape index (κ3) is 4.71. The highest BCUT2D eigenvalue weighted by atomic mass is 35.5. The van der Waals surface area contributed by atoms with Crippen LogP contribution in [-0.2, 0) is 17.8 Å². The summed E-state index contributed by atoms with van der Waals surface area (Å²) in [4.78, 5) is 2.31. The molecule has 0 amide bonds. The van der Waals surface area contributed by atoms with Crippen LogP contribution in [0.15, 0.2) is 42.5 Å². The summed E-state index contributed by atoms with van der Waals surface area (Å²) >= 11 is 6.25. The lowest BCUT2D eigenvalue weighted by Gasteiger charge is -2.29. The van der Waals surface area contributed by atoms with E-state index in [1.807, 2.05) is 18.2 Å². The third-order valence-corrected chi connectivity index (χ3v) is 4.53. The van der Waals surface area contributed by atoms with Crippen molar-refractivity contribution in [1.29, 1.82) is 0 Å². The lowest BCUT2D eigenvalue weighted by Crippen LogP contribution is -2.35. The van der Waals surface area contributed by atoms with Crippen LogP contribution < -0.4 is 0 Å². The molecule has 1 N–H and O–H groups in total. The minimum Gasteiger partial charge on any atom is -0.506 e. The number of hydrogen-bond acceptors (Lipinski definition) is 3. The van der Waals surface area contributed by atoms with Crippen LogP contribution in [-0.4, -0.2) is 29.8 Å². The molecular weight excluding hydrogens is 310 g/mol. The van der Waals surface area contributed by atoms with Gasteiger partial charge in [0.15, 0.2) is 0 Å². The smallest absolute Gasteiger partial charge is 0.134 e. The summed E-state index contributed by atoms with van der Waals surface area (Å²) in [5.41, 5.74) is 3.47. The van der Waals surface area contributed by atoms with Crippen LogP contribution in [0.1, 0.15) is 23.6 Å². The molecule has 0 bridgehead atoms. The fraction of sp³-hybridized carbons (Fsp3) is 0.368. The van der Waals surface area contributed by atoms with Crippen LogP contribution in [0.3, 0.4) is 0 Å². The van der Waals surface area contributed by atoms with E-state index in [0.717, 1.165) is 12.1 Å².